The molecule has 0 bridgehead atoms. The minimum atomic E-state index is -1.47. The molecule has 0 saturated heterocycles. The molecular formula is C17H24N4O6. The van der Waals surface area contributed by atoms with E-state index in [0.717, 1.165) is 5.56 Å². The number of amides is 3. The molecule has 0 fully saturated rings. The molecule has 10 heteroatoms. The summed E-state index contributed by atoms with van der Waals surface area (Å²) in [7, 11) is 0. The first kappa shape index (κ1) is 22.1. The number of nitrogens with one attached hydrogen (secondary N) is 3. The second-order valence-corrected chi connectivity index (χ2v) is 5.89. The van der Waals surface area contributed by atoms with Gasteiger partial charge in [-0.1, -0.05) is 30.3 Å². The highest BCUT2D eigenvalue weighted by molar-refractivity contribution is 5.92. The SMILES string of the molecule is CC(NC(=O)CNC(=O)C(N)Cc1ccccc1)C(=O)NC(CO)C(=O)O. The summed E-state index contributed by atoms with van der Waals surface area (Å²) in [4.78, 5) is 46.3. The fraction of sp³-hybridized carbons (Fsp3) is 0.412. The van der Waals surface area contributed by atoms with Crippen molar-refractivity contribution in [2.75, 3.05) is 13.2 Å². The van der Waals surface area contributed by atoms with Crippen LogP contribution in [-0.2, 0) is 25.6 Å². The highest BCUT2D eigenvalue weighted by Crippen LogP contribution is 2.01. The van der Waals surface area contributed by atoms with Gasteiger partial charge in [-0.25, -0.2) is 4.79 Å². The highest BCUT2D eigenvalue weighted by atomic mass is 16.4. The Bertz CT molecular complexity index is 667. The number of carboxylic acids is 1. The minimum absolute atomic E-state index is 0.310. The van der Waals surface area contributed by atoms with Crippen molar-refractivity contribution in [2.45, 2.75) is 31.5 Å². The van der Waals surface area contributed by atoms with E-state index in [1.165, 1.54) is 6.92 Å². The first-order valence-corrected chi connectivity index (χ1v) is 8.25. The van der Waals surface area contributed by atoms with E-state index in [-0.39, 0.29) is 6.54 Å². The van der Waals surface area contributed by atoms with E-state index in [2.05, 4.69) is 16.0 Å². The van der Waals surface area contributed by atoms with Crippen LogP contribution >= 0.6 is 0 Å². The molecule has 3 amide bonds. The number of carbonyl (C=O) groups excluding carboxylic acids is 3. The zero-order valence-corrected chi connectivity index (χ0v) is 14.8. The van der Waals surface area contributed by atoms with E-state index in [0.29, 0.717) is 6.42 Å². The van der Waals surface area contributed by atoms with Gasteiger partial charge in [0.2, 0.25) is 17.7 Å². The topological polar surface area (TPSA) is 171 Å². The van der Waals surface area contributed by atoms with E-state index in [1.807, 2.05) is 30.3 Å². The van der Waals surface area contributed by atoms with Crippen LogP contribution in [0.3, 0.4) is 0 Å². The van der Waals surface area contributed by atoms with E-state index in [4.69, 9.17) is 15.9 Å². The van der Waals surface area contributed by atoms with Crippen molar-refractivity contribution in [1.29, 1.82) is 0 Å². The zero-order valence-electron chi connectivity index (χ0n) is 14.8. The van der Waals surface area contributed by atoms with Gasteiger partial charge in [0.05, 0.1) is 19.2 Å². The molecular weight excluding hydrogens is 356 g/mol. The third kappa shape index (κ3) is 7.84. The molecule has 0 aliphatic rings. The van der Waals surface area contributed by atoms with E-state index < -0.39 is 48.4 Å². The predicted octanol–water partition coefficient (Wildman–Crippen LogP) is -2.26. The number of aliphatic hydroxyl groups is 1. The monoisotopic (exact) mass is 380 g/mol. The Hall–Kier alpha value is -2.98. The van der Waals surface area contributed by atoms with Crippen LogP contribution < -0.4 is 21.7 Å². The molecule has 27 heavy (non-hydrogen) atoms. The molecule has 0 radical (unpaired) electrons. The first-order valence-electron chi connectivity index (χ1n) is 8.25. The lowest BCUT2D eigenvalue weighted by molar-refractivity contribution is -0.143. The largest absolute Gasteiger partial charge is 0.480 e. The van der Waals surface area contributed by atoms with Crippen molar-refractivity contribution in [3.8, 4) is 0 Å². The van der Waals surface area contributed by atoms with Crippen LogP contribution in [0.2, 0.25) is 0 Å². The fourth-order valence-electron chi connectivity index (χ4n) is 2.10. The number of nitrogens with two attached hydrogens (primary N) is 1. The van der Waals surface area contributed by atoms with Gasteiger partial charge in [-0.05, 0) is 18.9 Å². The summed E-state index contributed by atoms with van der Waals surface area (Å²) < 4.78 is 0. The quantitative estimate of drug-likeness (QED) is 0.266. The molecule has 3 unspecified atom stereocenters. The minimum Gasteiger partial charge on any atom is -0.480 e. The van der Waals surface area contributed by atoms with Gasteiger partial charge in [0.25, 0.3) is 0 Å². The Kier molecular flexibility index (Phi) is 8.90. The number of hydrogen-bond acceptors (Lipinski definition) is 6. The van der Waals surface area contributed by atoms with E-state index in [1.54, 1.807) is 0 Å². The van der Waals surface area contributed by atoms with Gasteiger partial charge in [-0.15, -0.1) is 0 Å². The molecule has 0 aliphatic heterocycles. The van der Waals surface area contributed by atoms with Crippen LogP contribution in [0, 0.1) is 0 Å². The smallest absolute Gasteiger partial charge is 0.328 e. The normalized spacial score (nSPS) is 13.7. The van der Waals surface area contributed by atoms with Crippen molar-refractivity contribution in [3.63, 3.8) is 0 Å². The molecule has 0 aromatic heterocycles. The second kappa shape index (κ2) is 10.9. The van der Waals surface area contributed by atoms with Crippen molar-refractivity contribution >= 4 is 23.7 Å². The molecule has 0 aliphatic carbocycles. The van der Waals surface area contributed by atoms with E-state index in [9.17, 15) is 19.2 Å². The zero-order chi connectivity index (χ0) is 20.4. The average Bonchev–Trinajstić information content (AvgIpc) is 2.64. The van der Waals surface area contributed by atoms with Crippen LogP contribution in [0.1, 0.15) is 12.5 Å². The molecule has 0 spiro atoms. The number of aliphatic carboxylic acids is 1. The molecule has 3 atom stereocenters. The number of rotatable bonds is 10. The Labute approximate surface area is 156 Å². The van der Waals surface area contributed by atoms with Crippen LogP contribution in [0.5, 0.6) is 0 Å². The fourth-order valence-corrected chi connectivity index (χ4v) is 2.10. The first-order chi connectivity index (χ1) is 12.7. The maximum atomic E-state index is 11.9. The van der Waals surface area contributed by atoms with Crippen LogP contribution in [0.4, 0.5) is 0 Å². The standard InChI is InChI=1S/C17H24N4O6/c1-10(15(24)21-13(9-22)17(26)27)20-14(23)8-19-16(25)12(18)7-11-5-3-2-4-6-11/h2-6,10,12-13,22H,7-9,18H2,1H3,(H,19,25)(H,20,23)(H,21,24)(H,26,27). The Morgan fingerprint density at radius 2 is 1.70 bits per heavy atom. The van der Waals surface area contributed by atoms with Crippen LogP contribution in [-0.4, -0.2) is 65.2 Å². The third-order valence-corrected chi connectivity index (χ3v) is 3.63. The lowest BCUT2D eigenvalue weighted by atomic mass is 10.1. The maximum Gasteiger partial charge on any atom is 0.328 e. The Morgan fingerprint density at radius 1 is 1.07 bits per heavy atom. The van der Waals surface area contributed by atoms with Crippen molar-refractivity contribution in [2.24, 2.45) is 5.73 Å². The predicted molar refractivity (Wildman–Crippen MR) is 95.4 cm³/mol. The summed E-state index contributed by atoms with van der Waals surface area (Å²) in [5, 5.41) is 24.4. The number of carbonyl (C=O) groups is 4. The second-order valence-electron chi connectivity index (χ2n) is 5.89. The molecule has 0 heterocycles. The van der Waals surface area contributed by atoms with Gasteiger partial charge >= 0.3 is 5.97 Å². The summed E-state index contributed by atoms with van der Waals surface area (Å²) in [6, 6.07) is 5.80. The molecule has 7 N–H and O–H groups in total. The summed E-state index contributed by atoms with van der Waals surface area (Å²) >= 11 is 0. The van der Waals surface area contributed by atoms with Gasteiger partial charge < -0.3 is 31.9 Å². The third-order valence-electron chi connectivity index (χ3n) is 3.63. The van der Waals surface area contributed by atoms with Crippen molar-refractivity contribution in [3.05, 3.63) is 35.9 Å². The van der Waals surface area contributed by atoms with Crippen LogP contribution in [0.25, 0.3) is 0 Å². The average molecular weight is 380 g/mol. The number of aliphatic hydroxyl groups excluding tert-OH is 1. The highest BCUT2D eigenvalue weighted by Gasteiger charge is 2.23. The van der Waals surface area contributed by atoms with Gasteiger partial charge in [-0.2, -0.15) is 0 Å². The lowest BCUT2D eigenvalue weighted by Crippen LogP contribution is -2.53. The Morgan fingerprint density at radius 3 is 2.26 bits per heavy atom. The number of benzene rings is 1. The summed E-state index contributed by atoms with van der Waals surface area (Å²) in [5.41, 5.74) is 6.68. The molecule has 1 aromatic rings. The molecule has 1 aromatic carbocycles. The lowest BCUT2D eigenvalue weighted by Gasteiger charge is -2.18. The van der Waals surface area contributed by atoms with Gasteiger partial charge in [0, 0.05) is 0 Å². The molecule has 148 valence electrons. The van der Waals surface area contributed by atoms with E-state index >= 15 is 0 Å². The van der Waals surface area contributed by atoms with Gasteiger partial charge in [0.1, 0.15) is 12.1 Å². The van der Waals surface area contributed by atoms with Crippen LogP contribution in [0.15, 0.2) is 30.3 Å². The Balaban J connectivity index is 2.39. The number of hydrogen-bond donors (Lipinski definition) is 6. The van der Waals surface area contributed by atoms with Gasteiger partial charge in [0.15, 0.2) is 0 Å². The summed E-state index contributed by atoms with van der Waals surface area (Å²) in [6.45, 7) is 0.172. The summed E-state index contributed by atoms with van der Waals surface area (Å²) in [6.07, 6.45) is 0.310. The van der Waals surface area contributed by atoms with Crippen molar-refractivity contribution < 1.29 is 29.4 Å². The maximum absolute atomic E-state index is 11.9. The molecule has 1 rings (SSSR count). The summed E-state index contributed by atoms with van der Waals surface area (Å²) in [5.74, 6) is -3.34. The number of carboxylic acid groups (broad SMARTS) is 1. The van der Waals surface area contributed by atoms with Crippen molar-refractivity contribution in [1.82, 2.24) is 16.0 Å². The molecule has 0 saturated carbocycles. The molecule has 10 nitrogen and oxygen atoms in total. The van der Waals surface area contributed by atoms with Gasteiger partial charge in [-0.3, -0.25) is 14.4 Å².